The Hall–Kier alpha value is -2.92. The fourth-order valence-corrected chi connectivity index (χ4v) is 4.19. The second kappa shape index (κ2) is 7.40. The summed E-state index contributed by atoms with van der Waals surface area (Å²) in [7, 11) is 0. The number of carbonyl (C=O) groups is 2. The van der Waals surface area contributed by atoms with Gasteiger partial charge in [0.25, 0.3) is 0 Å². The number of nitrogens with zero attached hydrogens (tertiary/aromatic N) is 1. The molecule has 0 spiro atoms. The zero-order valence-corrected chi connectivity index (χ0v) is 17.7. The number of rotatable bonds is 3. The Balaban J connectivity index is 2.04. The lowest BCUT2D eigenvalue weighted by molar-refractivity contribution is -0.154. The van der Waals surface area contributed by atoms with Crippen molar-refractivity contribution in [2.24, 2.45) is 5.41 Å². The van der Waals surface area contributed by atoms with Crippen LogP contribution in [-0.2, 0) is 9.53 Å². The second-order valence-corrected chi connectivity index (χ2v) is 8.66. The third kappa shape index (κ3) is 3.54. The second-order valence-electron chi connectivity index (χ2n) is 8.23. The number of fused-ring (bicyclic) bond motifs is 1. The molecule has 0 N–H and O–H groups in total. The Bertz CT molecular complexity index is 1130. The largest absolute Gasteiger partial charge is 0.455 e. The molecule has 4 rings (SSSR count). The quantitative estimate of drug-likeness (QED) is 0.472. The van der Waals surface area contributed by atoms with Crippen molar-refractivity contribution in [3.8, 4) is 16.9 Å². The summed E-state index contributed by atoms with van der Waals surface area (Å²) >= 11 is 6.08. The highest BCUT2D eigenvalue weighted by atomic mass is 35.5. The summed E-state index contributed by atoms with van der Waals surface area (Å²) in [6.45, 7) is 5.19. The zero-order valence-electron chi connectivity index (χ0n) is 16.9. The first kappa shape index (κ1) is 20.4. The van der Waals surface area contributed by atoms with Crippen molar-refractivity contribution in [1.82, 2.24) is 4.57 Å². The summed E-state index contributed by atoms with van der Waals surface area (Å²) in [5, 5.41) is 0.580. The molecule has 6 heteroatoms. The summed E-state index contributed by atoms with van der Waals surface area (Å²) in [5.41, 5.74) is 2.77. The third-order valence-electron chi connectivity index (χ3n) is 5.42. The highest BCUT2D eigenvalue weighted by Gasteiger charge is 2.45. The molecule has 1 aromatic heterocycles. The number of benzene rings is 2. The minimum absolute atomic E-state index is 0.0190. The standard InChI is InChI=1S/C24H21ClFNO3/c1-14(28)30-23-22-19(21(29)13-24(23,2)3)12-20(15-4-8-17(26)9-5-15)27(22)18-10-6-16(25)7-11-18/h4-12,23H,13H2,1-3H3. The van der Waals surface area contributed by atoms with Gasteiger partial charge in [-0.05, 0) is 60.2 Å². The highest BCUT2D eigenvalue weighted by molar-refractivity contribution is 6.30. The molecule has 0 radical (unpaired) electrons. The number of carbonyl (C=O) groups excluding carboxylic acids is 2. The Labute approximate surface area is 179 Å². The molecule has 1 heterocycles. The van der Waals surface area contributed by atoms with Gasteiger partial charge < -0.3 is 9.30 Å². The summed E-state index contributed by atoms with van der Waals surface area (Å²) < 4.78 is 21.2. The molecule has 30 heavy (non-hydrogen) atoms. The van der Waals surface area contributed by atoms with Gasteiger partial charge in [-0.2, -0.15) is 0 Å². The summed E-state index contributed by atoms with van der Waals surface area (Å²) in [6.07, 6.45) is -0.363. The summed E-state index contributed by atoms with van der Waals surface area (Å²) in [4.78, 5) is 25.0. The van der Waals surface area contributed by atoms with E-state index in [4.69, 9.17) is 16.3 Å². The van der Waals surface area contributed by atoms with Crippen molar-refractivity contribution in [1.29, 1.82) is 0 Å². The molecule has 0 amide bonds. The van der Waals surface area contributed by atoms with Gasteiger partial charge in [0.05, 0.1) is 11.4 Å². The SMILES string of the molecule is CC(=O)OC1c2c(cc(-c3ccc(F)cc3)n2-c2ccc(Cl)cc2)C(=O)CC1(C)C. The number of esters is 1. The number of hydrogen-bond acceptors (Lipinski definition) is 3. The van der Waals surface area contributed by atoms with Crippen LogP contribution in [0.25, 0.3) is 16.9 Å². The first-order valence-electron chi connectivity index (χ1n) is 9.65. The van der Waals surface area contributed by atoms with Crippen LogP contribution in [0.2, 0.25) is 5.02 Å². The van der Waals surface area contributed by atoms with Crippen LogP contribution in [0.3, 0.4) is 0 Å². The van der Waals surface area contributed by atoms with Crippen molar-refractivity contribution in [2.75, 3.05) is 0 Å². The van der Waals surface area contributed by atoms with E-state index in [0.29, 0.717) is 22.0 Å². The molecule has 1 atom stereocenters. The molecule has 2 aromatic carbocycles. The first-order valence-corrected chi connectivity index (χ1v) is 10.0. The number of halogens is 2. The van der Waals surface area contributed by atoms with Gasteiger partial charge in [0, 0.05) is 35.0 Å². The molecule has 0 aliphatic heterocycles. The van der Waals surface area contributed by atoms with Gasteiger partial charge in [0.1, 0.15) is 11.9 Å². The Morgan fingerprint density at radius 2 is 1.77 bits per heavy atom. The smallest absolute Gasteiger partial charge is 0.303 e. The number of ketones is 1. The predicted molar refractivity (Wildman–Crippen MR) is 113 cm³/mol. The Morgan fingerprint density at radius 3 is 2.37 bits per heavy atom. The molecule has 1 aliphatic carbocycles. The van der Waals surface area contributed by atoms with E-state index in [0.717, 1.165) is 11.3 Å². The monoisotopic (exact) mass is 425 g/mol. The normalized spacial score (nSPS) is 17.5. The minimum Gasteiger partial charge on any atom is -0.455 e. The number of Topliss-reactive ketones (excluding diaryl/α,β-unsaturated/α-hetero) is 1. The third-order valence-corrected chi connectivity index (χ3v) is 5.67. The van der Waals surface area contributed by atoms with Crippen LogP contribution in [-0.4, -0.2) is 16.3 Å². The molecule has 1 unspecified atom stereocenters. The maximum atomic E-state index is 13.5. The van der Waals surface area contributed by atoms with Crippen LogP contribution in [0.4, 0.5) is 4.39 Å². The highest BCUT2D eigenvalue weighted by Crippen LogP contribution is 2.49. The number of ether oxygens (including phenoxy) is 1. The Morgan fingerprint density at radius 1 is 1.13 bits per heavy atom. The van der Waals surface area contributed by atoms with Crippen molar-refractivity contribution in [3.05, 3.63) is 76.7 Å². The topological polar surface area (TPSA) is 48.3 Å². The van der Waals surface area contributed by atoms with Crippen LogP contribution in [0.1, 0.15) is 49.3 Å². The average molecular weight is 426 g/mol. The molecule has 0 saturated heterocycles. The van der Waals surface area contributed by atoms with Crippen LogP contribution in [0.15, 0.2) is 54.6 Å². The van der Waals surface area contributed by atoms with Gasteiger partial charge in [0.2, 0.25) is 0 Å². The van der Waals surface area contributed by atoms with E-state index in [1.54, 1.807) is 30.3 Å². The molecule has 4 nitrogen and oxygen atoms in total. The molecule has 0 fully saturated rings. The lowest BCUT2D eigenvalue weighted by Crippen LogP contribution is -2.35. The van der Waals surface area contributed by atoms with Crippen molar-refractivity contribution in [3.63, 3.8) is 0 Å². The summed E-state index contributed by atoms with van der Waals surface area (Å²) in [5.74, 6) is -0.779. The van der Waals surface area contributed by atoms with Gasteiger partial charge in [-0.25, -0.2) is 4.39 Å². The van der Waals surface area contributed by atoms with E-state index in [2.05, 4.69) is 0 Å². The van der Waals surface area contributed by atoms with E-state index in [-0.39, 0.29) is 18.0 Å². The van der Waals surface area contributed by atoms with E-state index < -0.39 is 17.5 Å². The number of aromatic nitrogens is 1. The molecule has 154 valence electrons. The molecule has 1 aliphatic rings. The van der Waals surface area contributed by atoms with Crippen LogP contribution in [0, 0.1) is 11.2 Å². The van der Waals surface area contributed by atoms with Crippen LogP contribution in [0.5, 0.6) is 0 Å². The van der Waals surface area contributed by atoms with E-state index in [9.17, 15) is 14.0 Å². The van der Waals surface area contributed by atoms with Crippen molar-refractivity contribution in [2.45, 2.75) is 33.3 Å². The van der Waals surface area contributed by atoms with Gasteiger partial charge in [-0.15, -0.1) is 0 Å². The van der Waals surface area contributed by atoms with E-state index in [1.807, 2.05) is 30.5 Å². The van der Waals surface area contributed by atoms with E-state index >= 15 is 0 Å². The van der Waals surface area contributed by atoms with Crippen LogP contribution < -0.4 is 0 Å². The molecule has 3 aromatic rings. The van der Waals surface area contributed by atoms with Gasteiger partial charge in [0.15, 0.2) is 5.78 Å². The zero-order chi connectivity index (χ0) is 21.6. The molecular weight excluding hydrogens is 405 g/mol. The Kier molecular flexibility index (Phi) is 5.02. The average Bonchev–Trinajstić information content (AvgIpc) is 3.06. The fourth-order valence-electron chi connectivity index (χ4n) is 4.06. The van der Waals surface area contributed by atoms with Crippen molar-refractivity contribution < 1.29 is 18.7 Å². The maximum Gasteiger partial charge on any atom is 0.303 e. The van der Waals surface area contributed by atoms with Gasteiger partial charge in [-0.1, -0.05) is 25.4 Å². The number of hydrogen-bond donors (Lipinski definition) is 0. The lowest BCUT2D eigenvalue weighted by atomic mass is 9.73. The van der Waals surface area contributed by atoms with Crippen molar-refractivity contribution >= 4 is 23.4 Å². The molecule has 0 bridgehead atoms. The van der Waals surface area contributed by atoms with Crippen LogP contribution >= 0.6 is 11.6 Å². The maximum absolute atomic E-state index is 13.5. The van der Waals surface area contributed by atoms with Gasteiger partial charge >= 0.3 is 5.97 Å². The fraction of sp³-hybridized carbons (Fsp3) is 0.250. The lowest BCUT2D eigenvalue weighted by Gasteiger charge is -2.38. The first-order chi connectivity index (χ1) is 14.2. The molecular formula is C24H21ClFNO3. The molecule has 0 saturated carbocycles. The van der Waals surface area contributed by atoms with Gasteiger partial charge in [-0.3, -0.25) is 9.59 Å². The predicted octanol–water partition coefficient (Wildman–Crippen LogP) is 6.15. The minimum atomic E-state index is -0.618. The summed E-state index contributed by atoms with van der Waals surface area (Å²) in [6, 6.07) is 15.1. The van der Waals surface area contributed by atoms with E-state index in [1.165, 1.54) is 19.1 Å².